The summed E-state index contributed by atoms with van der Waals surface area (Å²) in [5.41, 5.74) is 2.19. The summed E-state index contributed by atoms with van der Waals surface area (Å²) in [6.45, 7) is 2.03. The van der Waals surface area contributed by atoms with E-state index in [0.29, 0.717) is 5.15 Å². The Bertz CT molecular complexity index is 467. The first kappa shape index (κ1) is 9.98. The number of hydrogen-bond donors (Lipinski definition) is 0. The number of aryl methyl sites for hydroxylation is 1. The van der Waals surface area contributed by atoms with E-state index in [1.54, 1.807) is 0 Å². The first-order valence-corrected chi connectivity index (χ1v) is 5.52. The second kappa shape index (κ2) is 3.90. The van der Waals surface area contributed by atoms with Gasteiger partial charge in [0.15, 0.2) is 10.9 Å². The lowest BCUT2D eigenvalue weighted by Gasteiger charge is -2.00. The molecular formula is C10H7ClINO. The minimum absolute atomic E-state index is 0.420. The monoisotopic (exact) mass is 319 g/mol. The lowest BCUT2D eigenvalue weighted by Crippen LogP contribution is -1.81. The first-order chi connectivity index (χ1) is 6.70. The number of aromatic nitrogens is 1. The van der Waals surface area contributed by atoms with Gasteiger partial charge in [0.1, 0.15) is 0 Å². The molecule has 0 aliphatic carbocycles. The predicted octanol–water partition coefficient (Wildman–Crippen LogP) is 3.91. The molecule has 2 aromatic rings. The van der Waals surface area contributed by atoms with Crippen molar-refractivity contribution in [2.24, 2.45) is 0 Å². The van der Waals surface area contributed by atoms with Crippen LogP contribution in [0.3, 0.4) is 0 Å². The molecule has 1 heterocycles. The van der Waals surface area contributed by atoms with Crippen molar-refractivity contribution in [3.63, 3.8) is 0 Å². The Kier molecular flexibility index (Phi) is 2.78. The van der Waals surface area contributed by atoms with Crippen LogP contribution in [0.5, 0.6) is 0 Å². The second-order valence-electron chi connectivity index (χ2n) is 2.93. The van der Waals surface area contributed by atoms with Crippen LogP contribution in [0.2, 0.25) is 5.15 Å². The molecule has 0 unspecified atom stereocenters. The van der Waals surface area contributed by atoms with Crippen LogP contribution in [0.4, 0.5) is 0 Å². The van der Waals surface area contributed by atoms with Crippen LogP contribution >= 0.6 is 34.2 Å². The van der Waals surface area contributed by atoms with Crippen LogP contribution in [-0.2, 0) is 0 Å². The van der Waals surface area contributed by atoms with Crippen molar-refractivity contribution in [1.82, 2.24) is 5.16 Å². The van der Waals surface area contributed by atoms with Gasteiger partial charge in [0.25, 0.3) is 0 Å². The van der Waals surface area contributed by atoms with Crippen molar-refractivity contribution >= 4 is 34.2 Å². The summed E-state index contributed by atoms with van der Waals surface area (Å²) in [4.78, 5) is 0. The Morgan fingerprint density at radius 2 is 2.07 bits per heavy atom. The number of rotatable bonds is 1. The average Bonchev–Trinajstić information content (AvgIpc) is 2.49. The van der Waals surface area contributed by atoms with Crippen LogP contribution in [0, 0.1) is 10.5 Å². The molecule has 0 fully saturated rings. The van der Waals surface area contributed by atoms with Gasteiger partial charge in [-0.05, 0) is 35.1 Å². The smallest absolute Gasteiger partial charge is 0.186 e. The van der Waals surface area contributed by atoms with Gasteiger partial charge in [-0.25, -0.2) is 0 Å². The maximum absolute atomic E-state index is 5.82. The Morgan fingerprint density at radius 1 is 1.36 bits per heavy atom. The second-order valence-corrected chi connectivity index (χ2v) is 4.37. The largest absolute Gasteiger partial charge is 0.354 e. The molecule has 0 atom stereocenters. The maximum Gasteiger partial charge on any atom is 0.186 e. The van der Waals surface area contributed by atoms with Crippen LogP contribution < -0.4 is 0 Å². The van der Waals surface area contributed by atoms with Crippen molar-refractivity contribution in [2.45, 2.75) is 6.92 Å². The van der Waals surface area contributed by atoms with E-state index in [0.717, 1.165) is 20.5 Å². The molecule has 4 heteroatoms. The molecule has 0 aliphatic rings. The van der Waals surface area contributed by atoms with E-state index in [1.165, 1.54) is 0 Å². The number of hydrogen-bond acceptors (Lipinski definition) is 2. The SMILES string of the molecule is Cc1ccccc1-c1onc(Cl)c1I. The molecule has 0 radical (unpaired) electrons. The summed E-state index contributed by atoms with van der Waals surface area (Å²) in [6, 6.07) is 7.98. The summed E-state index contributed by atoms with van der Waals surface area (Å²) in [5.74, 6) is 0.744. The Balaban J connectivity index is 2.60. The molecule has 0 saturated carbocycles. The lowest BCUT2D eigenvalue weighted by molar-refractivity contribution is 0.432. The molecule has 0 bridgehead atoms. The highest BCUT2D eigenvalue weighted by atomic mass is 127. The zero-order valence-electron chi connectivity index (χ0n) is 7.42. The highest BCUT2D eigenvalue weighted by molar-refractivity contribution is 14.1. The van der Waals surface area contributed by atoms with Gasteiger partial charge < -0.3 is 4.52 Å². The third-order valence-corrected chi connectivity index (χ3v) is 3.56. The fourth-order valence-corrected chi connectivity index (χ4v) is 1.86. The first-order valence-electron chi connectivity index (χ1n) is 4.07. The minimum Gasteiger partial charge on any atom is -0.354 e. The van der Waals surface area contributed by atoms with Gasteiger partial charge in [-0.2, -0.15) is 0 Å². The van der Waals surface area contributed by atoms with Gasteiger partial charge in [-0.1, -0.05) is 41.0 Å². The van der Waals surface area contributed by atoms with Gasteiger partial charge in [-0.3, -0.25) is 0 Å². The van der Waals surface area contributed by atoms with Crippen molar-refractivity contribution < 1.29 is 4.52 Å². The van der Waals surface area contributed by atoms with E-state index in [9.17, 15) is 0 Å². The number of halogens is 2. The third kappa shape index (κ3) is 1.66. The third-order valence-electron chi connectivity index (χ3n) is 1.99. The Morgan fingerprint density at radius 3 is 2.64 bits per heavy atom. The molecule has 1 aromatic heterocycles. The molecule has 2 rings (SSSR count). The number of benzene rings is 1. The molecule has 0 N–H and O–H groups in total. The van der Waals surface area contributed by atoms with E-state index < -0.39 is 0 Å². The van der Waals surface area contributed by atoms with Crippen LogP contribution in [-0.4, -0.2) is 5.16 Å². The Hall–Kier alpha value is -0.550. The van der Waals surface area contributed by atoms with Gasteiger partial charge in [0, 0.05) is 5.56 Å². The summed E-state index contributed by atoms with van der Waals surface area (Å²) >= 11 is 7.95. The van der Waals surface area contributed by atoms with E-state index >= 15 is 0 Å². The fraction of sp³-hybridized carbons (Fsp3) is 0.100. The molecule has 2 nitrogen and oxygen atoms in total. The highest BCUT2D eigenvalue weighted by Crippen LogP contribution is 2.31. The topological polar surface area (TPSA) is 26.0 Å². The van der Waals surface area contributed by atoms with E-state index in [1.807, 2.05) is 31.2 Å². The Labute approximate surface area is 100 Å². The zero-order valence-corrected chi connectivity index (χ0v) is 10.3. The molecular weight excluding hydrogens is 312 g/mol. The van der Waals surface area contributed by atoms with E-state index in [2.05, 4.69) is 27.7 Å². The van der Waals surface area contributed by atoms with Crippen LogP contribution in [0.15, 0.2) is 28.8 Å². The van der Waals surface area contributed by atoms with Gasteiger partial charge in [0.2, 0.25) is 0 Å². The minimum atomic E-state index is 0.420. The molecule has 0 aliphatic heterocycles. The molecule has 0 spiro atoms. The van der Waals surface area contributed by atoms with Crippen molar-refractivity contribution in [3.05, 3.63) is 38.6 Å². The molecule has 0 saturated heterocycles. The van der Waals surface area contributed by atoms with Crippen molar-refractivity contribution in [3.8, 4) is 11.3 Å². The van der Waals surface area contributed by atoms with Crippen molar-refractivity contribution in [2.75, 3.05) is 0 Å². The summed E-state index contributed by atoms with van der Waals surface area (Å²) in [5, 5.41) is 4.14. The highest BCUT2D eigenvalue weighted by Gasteiger charge is 2.14. The number of nitrogens with zero attached hydrogens (tertiary/aromatic N) is 1. The van der Waals surface area contributed by atoms with Gasteiger partial charge in [-0.15, -0.1) is 0 Å². The average molecular weight is 320 g/mol. The van der Waals surface area contributed by atoms with E-state index in [4.69, 9.17) is 16.1 Å². The molecule has 72 valence electrons. The quantitative estimate of drug-likeness (QED) is 0.745. The normalized spacial score (nSPS) is 10.5. The molecule has 0 amide bonds. The van der Waals surface area contributed by atoms with Crippen LogP contribution in [0.25, 0.3) is 11.3 Å². The maximum atomic E-state index is 5.82. The van der Waals surface area contributed by atoms with Gasteiger partial charge in [0.05, 0.1) is 3.57 Å². The molecule has 14 heavy (non-hydrogen) atoms. The summed E-state index contributed by atoms with van der Waals surface area (Å²) in [7, 11) is 0. The van der Waals surface area contributed by atoms with Gasteiger partial charge >= 0.3 is 0 Å². The zero-order chi connectivity index (χ0) is 10.1. The van der Waals surface area contributed by atoms with Crippen molar-refractivity contribution in [1.29, 1.82) is 0 Å². The standard InChI is InChI=1S/C10H7ClINO/c1-6-4-2-3-5-7(6)9-8(12)10(11)13-14-9/h2-5H,1H3. The predicted molar refractivity (Wildman–Crippen MR) is 64.4 cm³/mol. The fourth-order valence-electron chi connectivity index (χ4n) is 1.25. The molecule has 1 aromatic carbocycles. The lowest BCUT2D eigenvalue weighted by atomic mass is 10.1. The van der Waals surface area contributed by atoms with Crippen LogP contribution in [0.1, 0.15) is 5.56 Å². The summed E-state index contributed by atoms with van der Waals surface area (Å²) < 4.78 is 6.03. The summed E-state index contributed by atoms with van der Waals surface area (Å²) in [6.07, 6.45) is 0. The van der Waals surface area contributed by atoms with E-state index in [-0.39, 0.29) is 0 Å².